The number of rotatable bonds is 2. The van der Waals surface area contributed by atoms with Crippen molar-refractivity contribution in [3.8, 4) is 0 Å². The molecule has 1 aliphatic rings. The minimum absolute atomic E-state index is 0.278. The molecular formula is C6H11ClO. The molecule has 0 aliphatic carbocycles. The molecule has 0 spiro atoms. The lowest BCUT2D eigenvalue weighted by molar-refractivity contribution is -0.0541. The van der Waals surface area contributed by atoms with E-state index in [4.69, 9.17) is 16.3 Å². The van der Waals surface area contributed by atoms with Gasteiger partial charge in [-0.05, 0) is 19.8 Å². The summed E-state index contributed by atoms with van der Waals surface area (Å²) in [5, 5.41) is 0.278. The fourth-order valence-corrected chi connectivity index (χ4v) is 1.03. The Balaban J connectivity index is 2.01. The molecule has 0 bridgehead atoms. The van der Waals surface area contributed by atoms with Crippen molar-refractivity contribution >= 4 is 11.6 Å². The van der Waals surface area contributed by atoms with Crippen LogP contribution in [0.25, 0.3) is 0 Å². The molecule has 0 saturated carbocycles. The summed E-state index contributed by atoms with van der Waals surface area (Å²) in [7, 11) is 0. The van der Waals surface area contributed by atoms with E-state index in [2.05, 4.69) is 0 Å². The molecule has 2 heteroatoms. The van der Waals surface area contributed by atoms with Gasteiger partial charge in [0.05, 0.1) is 6.10 Å². The highest BCUT2D eigenvalue weighted by Gasteiger charge is 2.19. The van der Waals surface area contributed by atoms with Gasteiger partial charge >= 0.3 is 0 Å². The second kappa shape index (κ2) is 2.70. The van der Waals surface area contributed by atoms with Crippen LogP contribution < -0.4 is 0 Å². The van der Waals surface area contributed by atoms with Crippen LogP contribution in [0.15, 0.2) is 0 Å². The van der Waals surface area contributed by atoms with Gasteiger partial charge < -0.3 is 4.74 Å². The van der Waals surface area contributed by atoms with Crippen molar-refractivity contribution in [2.24, 2.45) is 0 Å². The van der Waals surface area contributed by atoms with Crippen molar-refractivity contribution in [1.82, 2.24) is 0 Å². The quantitative estimate of drug-likeness (QED) is 0.524. The molecule has 0 aromatic carbocycles. The van der Waals surface area contributed by atoms with Gasteiger partial charge in [-0.25, -0.2) is 0 Å². The Labute approximate surface area is 55.0 Å². The number of hydrogen-bond donors (Lipinski definition) is 0. The maximum Gasteiger partial charge on any atom is 0.0611 e. The lowest BCUT2D eigenvalue weighted by Gasteiger charge is -2.26. The molecular weight excluding hydrogens is 124 g/mol. The standard InChI is InChI=1S/C6H11ClO/c1-5(7)4-6-2-3-8-6/h5-6H,2-4H2,1H3. The van der Waals surface area contributed by atoms with Crippen molar-refractivity contribution in [3.63, 3.8) is 0 Å². The molecule has 0 amide bonds. The van der Waals surface area contributed by atoms with Crippen LogP contribution in [-0.4, -0.2) is 18.1 Å². The van der Waals surface area contributed by atoms with Gasteiger partial charge in [-0.15, -0.1) is 11.6 Å². The van der Waals surface area contributed by atoms with Crippen LogP contribution in [0.2, 0.25) is 0 Å². The van der Waals surface area contributed by atoms with Gasteiger partial charge in [0.1, 0.15) is 0 Å². The van der Waals surface area contributed by atoms with Crippen LogP contribution in [0.5, 0.6) is 0 Å². The van der Waals surface area contributed by atoms with Gasteiger partial charge in [0.25, 0.3) is 0 Å². The third-order valence-corrected chi connectivity index (χ3v) is 1.56. The molecule has 0 N–H and O–H groups in total. The molecule has 1 saturated heterocycles. The van der Waals surface area contributed by atoms with Gasteiger partial charge in [0.15, 0.2) is 0 Å². The van der Waals surface area contributed by atoms with Crippen molar-refractivity contribution in [1.29, 1.82) is 0 Å². The molecule has 8 heavy (non-hydrogen) atoms. The van der Waals surface area contributed by atoms with E-state index in [-0.39, 0.29) is 5.38 Å². The fourth-order valence-electron chi connectivity index (χ4n) is 0.833. The average molecular weight is 135 g/mol. The molecule has 2 atom stereocenters. The largest absolute Gasteiger partial charge is 0.378 e. The van der Waals surface area contributed by atoms with Crippen LogP contribution in [0, 0.1) is 0 Å². The zero-order valence-electron chi connectivity index (χ0n) is 5.06. The average Bonchev–Trinajstić information content (AvgIpc) is 1.55. The lowest BCUT2D eigenvalue weighted by atomic mass is 10.1. The zero-order valence-corrected chi connectivity index (χ0v) is 5.82. The van der Waals surface area contributed by atoms with E-state index in [9.17, 15) is 0 Å². The topological polar surface area (TPSA) is 9.23 Å². The van der Waals surface area contributed by atoms with Crippen LogP contribution in [-0.2, 0) is 4.74 Å². The van der Waals surface area contributed by atoms with Gasteiger partial charge in [-0.1, -0.05) is 0 Å². The van der Waals surface area contributed by atoms with Crippen molar-refractivity contribution in [2.75, 3.05) is 6.61 Å². The molecule has 1 aliphatic heterocycles. The Kier molecular flexibility index (Phi) is 2.15. The van der Waals surface area contributed by atoms with Gasteiger partial charge in [0.2, 0.25) is 0 Å². The van der Waals surface area contributed by atoms with Crippen LogP contribution in [0.3, 0.4) is 0 Å². The van der Waals surface area contributed by atoms with E-state index in [1.54, 1.807) is 0 Å². The van der Waals surface area contributed by atoms with E-state index >= 15 is 0 Å². The number of halogens is 1. The predicted octanol–water partition coefficient (Wildman–Crippen LogP) is 1.79. The third kappa shape index (κ3) is 1.64. The highest BCUT2D eigenvalue weighted by Crippen LogP contribution is 2.18. The third-order valence-electron chi connectivity index (χ3n) is 1.38. The molecule has 0 aromatic heterocycles. The molecule has 0 radical (unpaired) electrons. The SMILES string of the molecule is CC(Cl)CC1CCO1. The summed E-state index contributed by atoms with van der Waals surface area (Å²) in [5.41, 5.74) is 0. The van der Waals surface area contributed by atoms with E-state index in [1.807, 2.05) is 6.92 Å². The zero-order chi connectivity index (χ0) is 5.98. The number of ether oxygens (including phenoxy) is 1. The second-order valence-electron chi connectivity index (χ2n) is 2.30. The highest BCUT2D eigenvalue weighted by molar-refractivity contribution is 6.20. The Morgan fingerprint density at radius 1 is 1.88 bits per heavy atom. The summed E-state index contributed by atoms with van der Waals surface area (Å²) < 4.78 is 5.16. The van der Waals surface area contributed by atoms with Crippen molar-refractivity contribution in [2.45, 2.75) is 31.2 Å². The minimum Gasteiger partial charge on any atom is -0.378 e. The number of hydrogen-bond acceptors (Lipinski definition) is 1. The van der Waals surface area contributed by atoms with Gasteiger partial charge in [-0.2, -0.15) is 0 Å². The summed E-state index contributed by atoms with van der Waals surface area (Å²) in [4.78, 5) is 0. The first-order valence-corrected chi connectivity index (χ1v) is 3.48. The van der Waals surface area contributed by atoms with Gasteiger partial charge in [0, 0.05) is 12.0 Å². The van der Waals surface area contributed by atoms with Crippen LogP contribution in [0.1, 0.15) is 19.8 Å². The van der Waals surface area contributed by atoms with E-state index < -0.39 is 0 Å². The normalized spacial score (nSPS) is 31.5. The Bertz CT molecular complexity index is 68.9. The smallest absolute Gasteiger partial charge is 0.0611 e. The molecule has 48 valence electrons. The van der Waals surface area contributed by atoms with Crippen LogP contribution >= 0.6 is 11.6 Å². The second-order valence-corrected chi connectivity index (χ2v) is 3.04. The molecule has 1 fully saturated rings. The van der Waals surface area contributed by atoms with E-state index in [1.165, 1.54) is 6.42 Å². The lowest BCUT2D eigenvalue weighted by Crippen LogP contribution is -2.28. The Morgan fingerprint density at radius 3 is 2.62 bits per heavy atom. The van der Waals surface area contributed by atoms with Crippen LogP contribution in [0.4, 0.5) is 0 Å². The molecule has 1 nitrogen and oxygen atoms in total. The Hall–Kier alpha value is 0.250. The summed E-state index contributed by atoms with van der Waals surface area (Å²) in [6.07, 6.45) is 2.70. The molecule has 1 rings (SSSR count). The maximum atomic E-state index is 5.71. The summed E-state index contributed by atoms with van der Waals surface area (Å²) in [6, 6.07) is 0. The first-order valence-electron chi connectivity index (χ1n) is 3.04. The van der Waals surface area contributed by atoms with Crippen molar-refractivity contribution < 1.29 is 4.74 Å². The fraction of sp³-hybridized carbons (Fsp3) is 1.00. The first-order chi connectivity index (χ1) is 3.79. The van der Waals surface area contributed by atoms with Gasteiger partial charge in [-0.3, -0.25) is 0 Å². The highest BCUT2D eigenvalue weighted by atomic mass is 35.5. The number of alkyl halides is 1. The molecule has 0 aromatic rings. The van der Waals surface area contributed by atoms with E-state index in [0.717, 1.165) is 13.0 Å². The molecule has 1 heterocycles. The molecule has 2 unspecified atom stereocenters. The maximum absolute atomic E-state index is 5.71. The summed E-state index contributed by atoms with van der Waals surface area (Å²) in [5.74, 6) is 0. The summed E-state index contributed by atoms with van der Waals surface area (Å²) in [6.45, 7) is 2.94. The van der Waals surface area contributed by atoms with Crippen molar-refractivity contribution in [3.05, 3.63) is 0 Å². The van der Waals surface area contributed by atoms with E-state index in [0.29, 0.717) is 6.10 Å². The minimum atomic E-state index is 0.278. The monoisotopic (exact) mass is 134 g/mol. The summed E-state index contributed by atoms with van der Waals surface area (Å²) >= 11 is 5.71. The predicted molar refractivity (Wildman–Crippen MR) is 34.3 cm³/mol. The first kappa shape index (κ1) is 6.37. The Morgan fingerprint density at radius 2 is 2.50 bits per heavy atom.